The molecule has 1 atom stereocenters. The van der Waals surface area contributed by atoms with Crippen LogP contribution < -0.4 is 5.32 Å². The Morgan fingerprint density at radius 3 is 3.18 bits per heavy atom. The van der Waals surface area contributed by atoms with Crippen molar-refractivity contribution >= 4 is 38.1 Å². The second-order valence-electron chi connectivity index (χ2n) is 2.21. The Morgan fingerprint density at radius 1 is 1.55 bits per heavy atom. The van der Waals surface area contributed by atoms with E-state index in [0.29, 0.717) is 0 Å². The normalized spacial score (nSPS) is 33.3. The van der Waals surface area contributed by atoms with Gasteiger partial charge in [0.05, 0.1) is 12.0 Å². The monoisotopic (exact) mass is 186 g/mol. The number of hydrogen-bond acceptors (Lipinski definition) is 6. The summed E-state index contributed by atoms with van der Waals surface area (Å²) in [5, 5.41) is 2.92. The molecule has 0 aliphatic carbocycles. The lowest BCUT2D eigenvalue weighted by atomic mass is 10.3. The van der Waals surface area contributed by atoms with Crippen LogP contribution in [0.15, 0.2) is 21.9 Å². The van der Waals surface area contributed by atoms with Gasteiger partial charge in [-0.15, -0.1) is 12.6 Å². The van der Waals surface area contributed by atoms with Crippen LogP contribution in [0.2, 0.25) is 0 Å². The highest BCUT2D eigenvalue weighted by atomic mass is 32.1. The van der Waals surface area contributed by atoms with Gasteiger partial charge < -0.3 is 5.32 Å². The number of rotatable bonds is 0. The summed E-state index contributed by atoms with van der Waals surface area (Å²) in [4.78, 5) is 7.35. The molecule has 6 heteroatoms. The van der Waals surface area contributed by atoms with E-state index in [1.807, 2.05) is 0 Å². The molecule has 2 aliphatic heterocycles. The van der Waals surface area contributed by atoms with Crippen molar-refractivity contribution in [2.75, 3.05) is 0 Å². The van der Waals surface area contributed by atoms with Gasteiger partial charge in [0, 0.05) is 6.20 Å². The van der Waals surface area contributed by atoms with Crippen LogP contribution in [0.25, 0.3) is 0 Å². The molecular formula is C5H6N4S2. The molecule has 0 aromatic rings. The summed E-state index contributed by atoms with van der Waals surface area (Å²) in [7, 11) is 0. The number of aliphatic imine (C=N–C) groups is 2. The van der Waals surface area contributed by atoms with Crippen molar-refractivity contribution < 1.29 is 0 Å². The molecule has 0 radical (unpaired) electrons. The van der Waals surface area contributed by atoms with Crippen molar-refractivity contribution in [1.29, 1.82) is 0 Å². The average Bonchev–Trinajstić information content (AvgIpc) is 2.31. The van der Waals surface area contributed by atoms with Gasteiger partial charge in [-0.1, -0.05) is 12.8 Å². The zero-order valence-electron chi connectivity index (χ0n) is 5.47. The maximum Gasteiger partial charge on any atom is 0.239 e. The van der Waals surface area contributed by atoms with Crippen molar-refractivity contribution in [2.45, 2.75) is 4.99 Å². The molecule has 1 unspecified atom stereocenters. The van der Waals surface area contributed by atoms with Crippen molar-refractivity contribution in [3.05, 3.63) is 11.9 Å². The molecule has 0 aromatic carbocycles. The topological polar surface area (TPSA) is 40.0 Å². The average molecular weight is 186 g/mol. The summed E-state index contributed by atoms with van der Waals surface area (Å²) >= 11 is 8.32. The fourth-order valence-corrected chi connectivity index (χ4v) is 1.29. The number of nitrogens with zero attached hydrogens (tertiary/aromatic N) is 3. The Bertz CT molecular complexity index is 272. The first-order valence-electron chi connectivity index (χ1n) is 2.98. The predicted molar refractivity (Wildman–Crippen MR) is 50.7 cm³/mol. The summed E-state index contributed by atoms with van der Waals surface area (Å²) < 4.78 is 1.55. The lowest BCUT2D eigenvalue weighted by Gasteiger charge is -2.22. The van der Waals surface area contributed by atoms with E-state index in [1.54, 1.807) is 23.2 Å². The molecule has 2 heterocycles. The third-order valence-corrected chi connectivity index (χ3v) is 2.13. The van der Waals surface area contributed by atoms with Crippen LogP contribution >= 0.6 is 25.4 Å². The van der Waals surface area contributed by atoms with E-state index in [9.17, 15) is 0 Å². The Balaban J connectivity index is 2.39. The number of hydrogen-bond donors (Lipinski definition) is 3. The highest BCUT2D eigenvalue weighted by molar-refractivity contribution is 7.82. The largest absolute Gasteiger partial charge is 0.344 e. The number of fused-ring (bicyclic) bond motifs is 1. The van der Waals surface area contributed by atoms with E-state index < -0.39 is 4.99 Å². The third kappa shape index (κ3) is 1.02. The zero-order valence-corrected chi connectivity index (χ0v) is 7.26. The first-order valence-corrected chi connectivity index (χ1v) is 3.83. The van der Waals surface area contributed by atoms with E-state index in [0.717, 1.165) is 5.70 Å². The molecule has 0 aromatic heterocycles. The lowest BCUT2D eigenvalue weighted by Crippen LogP contribution is -2.27. The summed E-state index contributed by atoms with van der Waals surface area (Å²) in [6.07, 6.45) is 4.91. The molecule has 0 spiro atoms. The Morgan fingerprint density at radius 2 is 2.36 bits per heavy atom. The molecule has 2 aliphatic rings. The van der Waals surface area contributed by atoms with Crippen LogP contribution in [0.1, 0.15) is 0 Å². The van der Waals surface area contributed by atoms with Crippen molar-refractivity contribution in [2.24, 2.45) is 9.98 Å². The maximum absolute atomic E-state index is 4.26. The van der Waals surface area contributed by atoms with Crippen LogP contribution in [-0.4, -0.2) is 22.0 Å². The van der Waals surface area contributed by atoms with Gasteiger partial charge in [0.2, 0.25) is 4.99 Å². The minimum Gasteiger partial charge on any atom is -0.344 e. The summed E-state index contributed by atoms with van der Waals surface area (Å²) in [6.45, 7) is 0. The summed E-state index contributed by atoms with van der Waals surface area (Å²) in [5.41, 5.74) is 0.818. The fraction of sp³-hybridized carbons (Fsp3) is 0.200. The van der Waals surface area contributed by atoms with E-state index in [1.165, 1.54) is 0 Å². The smallest absolute Gasteiger partial charge is 0.239 e. The van der Waals surface area contributed by atoms with Gasteiger partial charge in [0.15, 0.2) is 0 Å². The first-order chi connectivity index (χ1) is 5.21. The molecule has 0 bridgehead atoms. The fourth-order valence-electron chi connectivity index (χ4n) is 0.890. The van der Waals surface area contributed by atoms with Gasteiger partial charge in [-0.05, 0) is 0 Å². The van der Waals surface area contributed by atoms with E-state index in [-0.39, 0.29) is 0 Å². The van der Waals surface area contributed by atoms with Gasteiger partial charge in [-0.3, -0.25) is 4.31 Å². The third-order valence-electron chi connectivity index (χ3n) is 1.44. The van der Waals surface area contributed by atoms with E-state index in [4.69, 9.17) is 0 Å². The molecular weight excluding hydrogens is 180 g/mol. The highest BCUT2D eigenvalue weighted by Crippen LogP contribution is 2.31. The van der Waals surface area contributed by atoms with Crippen LogP contribution in [0.5, 0.6) is 0 Å². The van der Waals surface area contributed by atoms with E-state index >= 15 is 0 Å². The SMILES string of the molecule is SN1C=NC2(S)N=CNC2=C1. The van der Waals surface area contributed by atoms with Crippen LogP contribution in [0.3, 0.4) is 0 Å². The molecule has 0 amide bonds. The molecule has 4 nitrogen and oxygen atoms in total. The Hall–Kier alpha value is -0.620. The highest BCUT2D eigenvalue weighted by Gasteiger charge is 2.34. The molecule has 0 fully saturated rings. The van der Waals surface area contributed by atoms with Gasteiger partial charge in [-0.2, -0.15) is 0 Å². The van der Waals surface area contributed by atoms with Gasteiger partial charge in [-0.25, -0.2) is 9.98 Å². The van der Waals surface area contributed by atoms with E-state index in [2.05, 4.69) is 40.7 Å². The number of thiol groups is 2. The van der Waals surface area contributed by atoms with Crippen molar-refractivity contribution in [1.82, 2.24) is 9.62 Å². The zero-order chi connectivity index (χ0) is 7.90. The van der Waals surface area contributed by atoms with Crippen LogP contribution in [0, 0.1) is 0 Å². The van der Waals surface area contributed by atoms with Gasteiger partial charge >= 0.3 is 0 Å². The second kappa shape index (κ2) is 2.18. The Kier molecular flexibility index (Phi) is 1.40. The van der Waals surface area contributed by atoms with Crippen molar-refractivity contribution in [3.63, 3.8) is 0 Å². The first kappa shape index (κ1) is 7.05. The lowest BCUT2D eigenvalue weighted by molar-refractivity contribution is 0.710. The molecule has 0 saturated carbocycles. The van der Waals surface area contributed by atoms with Crippen LogP contribution in [-0.2, 0) is 0 Å². The summed E-state index contributed by atoms with van der Waals surface area (Å²) in [6, 6.07) is 0. The maximum atomic E-state index is 4.26. The van der Waals surface area contributed by atoms with Gasteiger partial charge in [0.1, 0.15) is 6.34 Å². The number of nitrogens with one attached hydrogen (secondary N) is 1. The molecule has 1 N–H and O–H groups in total. The molecule has 2 rings (SSSR count). The minimum atomic E-state index is -0.737. The molecule has 0 saturated heterocycles. The standard InChI is InChI=1S/C5H6N4S2/c10-5-4(6-2-7-5)1-9(11)3-8-5/h1-3,10-11H,(H,6,7). The quantitative estimate of drug-likeness (QED) is 0.474. The van der Waals surface area contributed by atoms with Gasteiger partial charge in [0.25, 0.3) is 0 Å². The molecule has 11 heavy (non-hydrogen) atoms. The predicted octanol–water partition coefficient (Wildman–Crippen LogP) is 0.232. The molecule has 58 valence electrons. The van der Waals surface area contributed by atoms with Crippen molar-refractivity contribution in [3.8, 4) is 0 Å². The summed E-state index contributed by atoms with van der Waals surface area (Å²) in [5.74, 6) is 0. The minimum absolute atomic E-state index is 0.737. The van der Waals surface area contributed by atoms with Crippen LogP contribution in [0.4, 0.5) is 0 Å². The second-order valence-corrected chi connectivity index (χ2v) is 3.29. The Labute approximate surface area is 75.0 Å².